The van der Waals surface area contributed by atoms with E-state index in [1.807, 2.05) is 66.3 Å². The van der Waals surface area contributed by atoms with E-state index in [2.05, 4.69) is 10.4 Å². The molecule has 0 bridgehead atoms. The first-order valence-corrected chi connectivity index (χ1v) is 10.7. The average molecular weight is 438 g/mol. The Morgan fingerprint density at radius 1 is 1.09 bits per heavy atom. The van der Waals surface area contributed by atoms with Crippen LogP contribution in [0.4, 0.5) is 0 Å². The van der Waals surface area contributed by atoms with Gasteiger partial charge in [-0.25, -0.2) is 9.48 Å². The zero-order valence-corrected chi connectivity index (χ0v) is 19.3. The molecule has 0 saturated heterocycles. The van der Waals surface area contributed by atoms with Crippen LogP contribution in [0.5, 0.6) is 11.5 Å². The number of benzene rings is 2. The summed E-state index contributed by atoms with van der Waals surface area (Å²) in [5.41, 5.74) is 3.09. The van der Waals surface area contributed by atoms with Crippen LogP contribution in [0.15, 0.2) is 54.7 Å². The molecule has 1 aromatic heterocycles. The maximum absolute atomic E-state index is 12.1. The lowest BCUT2D eigenvalue weighted by atomic mass is 10.1. The van der Waals surface area contributed by atoms with E-state index in [1.54, 1.807) is 27.9 Å². The fourth-order valence-electron chi connectivity index (χ4n) is 3.25. The molecule has 0 aliphatic rings. The lowest BCUT2D eigenvalue weighted by molar-refractivity contribution is -0.158. The molecule has 0 atom stereocenters. The minimum Gasteiger partial charge on any atom is -0.493 e. The molecule has 0 aliphatic carbocycles. The number of hydrogen-bond acceptors (Lipinski definition) is 6. The number of ether oxygens (including phenoxy) is 3. The summed E-state index contributed by atoms with van der Waals surface area (Å²) < 4.78 is 18.4. The van der Waals surface area contributed by atoms with E-state index < -0.39 is 11.6 Å². The third kappa shape index (κ3) is 5.68. The first kappa shape index (κ1) is 23.3. The number of aryl methyl sites for hydroxylation is 1. The second-order valence-corrected chi connectivity index (χ2v) is 7.94. The Labute approximate surface area is 189 Å². The molecule has 7 heteroatoms. The highest BCUT2D eigenvalue weighted by atomic mass is 16.6. The number of aromatic nitrogens is 2. The fourth-order valence-corrected chi connectivity index (χ4v) is 3.25. The number of esters is 1. The van der Waals surface area contributed by atoms with Crippen LogP contribution in [0, 0.1) is 6.92 Å². The van der Waals surface area contributed by atoms with Crippen molar-refractivity contribution in [2.75, 3.05) is 13.7 Å². The largest absolute Gasteiger partial charge is 0.493 e. The summed E-state index contributed by atoms with van der Waals surface area (Å²) in [7, 11) is 1.58. The van der Waals surface area contributed by atoms with Crippen molar-refractivity contribution >= 4 is 5.97 Å². The van der Waals surface area contributed by atoms with Crippen molar-refractivity contribution < 1.29 is 19.0 Å². The highest BCUT2D eigenvalue weighted by Crippen LogP contribution is 2.31. The highest BCUT2D eigenvalue weighted by Gasteiger charge is 2.32. The number of nitrogens with one attached hydrogen (secondary N) is 1. The molecule has 170 valence electrons. The molecule has 1 heterocycles. The second-order valence-electron chi connectivity index (χ2n) is 7.94. The van der Waals surface area contributed by atoms with Crippen LogP contribution >= 0.6 is 0 Å². The molecular weight excluding hydrogens is 406 g/mol. The van der Waals surface area contributed by atoms with Crippen LogP contribution in [-0.2, 0) is 22.6 Å². The Balaban J connectivity index is 1.63. The van der Waals surface area contributed by atoms with E-state index >= 15 is 0 Å². The van der Waals surface area contributed by atoms with Crippen LogP contribution < -0.4 is 14.8 Å². The lowest BCUT2D eigenvalue weighted by Crippen LogP contribution is -2.39. The van der Waals surface area contributed by atoms with Gasteiger partial charge in [0.05, 0.1) is 25.1 Å². The number of para-hydroxylation sites is 1. The van der Waals surface area contributed by atoms with Crippen LogP contribution in [-0.4, -0.2) is 35.1 Å². The summed E-state index contributed by atoms with van der Waals surface area (Å²) in [5.74, 6) is 0.642. The summed E-state index contributed by atoms with van der Waals surface area (Å²) in [4.78, 5) is 12.1. The van der Waals surface area contributed by atoms with E-state index in [4.69, 9.17) is 14.2 Å². The van der Waals surface area contributed by atoms with Crippen molar-refractivity contribution in [3.63, 3.8) is 0 Å². The van der Waals surface area contributed by atoms with Crippen LogP contribution in [0.2, 0.25) is 0 Å². The van der Waals surface area contributed by atoms with Gasteiger partial charge in [0.1, 0.15) is 0 Å². The highest BCUT2D eigenvalue weighted by molar-refractivity contribution is 5.79. The lowest BCUT2D eigenvalue weighted by Gasteiger charge is -2.25. The molecule has 7 nitrogen and oxygen atoms in total. The van der Waals surface area contributed by atoms with Gasteiger partial charge in [0, 0.05) is 24.8 Å². The Kier molecular flexibility index (Phi) is 7.53. The van der Waals surface area contributed by atoms with Crippen molar-refractivity contribution in [3.05, 3.63) is 71.5 Å². The van der Waals surface area contributed by atoms with Crippen molar-refractivity contribution in [2.45, 2.75) is 46.4 Å². The molecule has 0 amide bonds. The normalized spacial score (nSPS) is 11.3. The summed E-state index contributed by atoms with van der Waals surface area (Å²) >= 11 is 0. The van der Waals surface area contributed by atoms with E-state index in [0.717, 1.165) is 22.5 Å². The van der Waals surface area contributed by atoms with Gasteiger partial charge < -0.3 is 19.5 Å². The maximum Gasteiger partial charge on any atom is 0.349 e. The molecule has 0 saturated carbocycles. The molecule has 3 aromatic rings. The minimum absolute atomic E-state index is 0.303. The smallest absolute Gasteiger partial charge is 0.349 e. The molecule has 2 aromatic carbocycles. The van der Waals surface area contributed by atoms with Crippen molar-refractivity contribution in [2.24, 2.45) is 0 Å². The molecule has 0 fully saturated rings. The van der Waals surface area contributed by atoms with Gasteiger partial charge in [0.15, 0.2) is 17.1 Å². The Morgan fingerprint density at radius 2 is 1.84 bits per heavy atom. The second kappa shape index (κ2) is 10.3. The standard InChI is InChI=1S/C25H31N3O4/c1-6-31-24(29)25(3,4)32-22-13-12-19(14-23(22)30-5)15-26-16-20-17-28(27-18(20)2)21-10-8-7-9-11-21/h7-14,17,26H,6,15-16H2,1-5H3. The van der Waals surface area contributed by atoms with Gasteiger partial charge in [0.2, 0.25) is 0 Å². The average Bonchev–Trinajstić information content (AvgIpc) is 3.15. The Bertz CT molecular complexity index is 1040. The number of carbonyl (C=O) groups is 1. The summed E-state index contributed by atoms with van der Waals surface area (Å²) in [6.07, 6.45) is 2.05. The fraction of sp³-hybridized carbons (Fsp3) is 0.360. The topological polar surface area (TPSA) is 74.6 Å². The van der Waals surface area contributed by atoms with Gasteiger partial charge in [-0.2, -0.15) is 5.10 Å². The van der Waals surface area contributed by atoms with Gasteiger partial charge in [-0.1, -0.05) is 24.3 Å². The Morgan fingerprint density at radius 3 is 2.53 bits per heavy atom. The maximum atomic E-state index is 12.1. The molecular formula is C25H31N3O4. The number of rotatable bonds is 10. The predicted octanol–water partition coefficient (Wildman–Crippen LogP) is 4.20. The monoisotopic (exact) mass is 437 g/mol. The van der Waals surface area contributed by atoms with E-state index in [0.29, 0.717) is 31.2 Å². The number of methoxy groups -OCH3 is 1. The van der Waals surface area contributed by atoms with E-state index in [9.17, 15) is 4.79 Å². The third-order valence-corrected chi connectivity index (χ3v) is 5.03. The first-order chi connectivity index (χ1) is 15.3. The van der Waals surface area contributed by atoms with Gasteiger partial charge in [-0.3, -0.25) is 0 Å². The first-order valence-electron chi connectivity index (χ1n) is 10.7. The van der Waals surface area contributed by atoms with E-state index in [-0.39, 0.29) is 0 Å². The zero-order valence-electron chi connectivity index (χ0n) is 19.3. The van der Waals surface area contributed by atoms with E-state index in [1.165, 1.54) is 0 Å². The molecule has 0 radical (unpaired) electrons. The van der Waals surface area contributed by atoms with Gasteiger partial charge in [-0.05, 0) is 57.5 Å². The van der Waals surface area contributed by atoms with Crippen LogP contribution in [0.3, 0.4) is 0 Å². The van der Waals surface area contributed by atoms with Crippen molar-refractivity contribution in [1.82, 2.24) is 15.1 Å². The third-order valence-electron chi connectivity index (χ3n) is 5.03. The minimum atomic E-state index is -1.11. The molecule has 0 aliphatic heterocycles. The molecule has 3 rings (SSSR count). The van der Waals surface area contributed by atoms with Crippen molar-refractivity contribution in [3.8, 4) is 17.2 Å². The molecule has 1 N–H and O–H groups in total. The quantitative estimate of drug-likeness (QED) is 0.479. The van der Waals surface area contributed by atoms with Crippen molar-refractivity contribution in [1.29, 1.82) is 0 Å². The molecule has 32 heavy (non-hydrogen) atoms. The van der Waals surface area contributed by atoms with Crippen LogP contribution in [0.25, 0.3) is 5.69 Å². The summed E-state index contributed by atoms with van der Waals surface area (Å²) in [5, 5.41) is 8.06. The van der Waals surface area contributed by atoms with Gasteiger partial charge in [-0.15, -0.1) is 0 Å². The summed E-state index contributed by atoms with van der Waals surface area (Å²) in [6.45, 7) is 8.78. The molecule has 0 unspecified atom stereocenters. The summed E-state index contributed by atoms with van der Waals surface area (Å²) in [6, 6.07) is 15.7. The number of nitrogens with zero attached hydrogens (tertiary/aromatic N) is 2. The predicted molar refractivity (Wildman–Crippen MR) is 123 cm³/mol. The van der Waals surface area contributed by atoms with Gasteiger partial charge >= 0.3 is 5.97 Å². The SMILES string of the molecule is CCOC(=O)C(C)(C)Oc1ccc(CNCc2cn(-c3ccccc3)nc2C)cc1OC. The number of hydrogen-bond donors (Lipinski definition) is 1. The van der Waals surface area contributed by atoms with Gasteiger partial charge in [0.25, 0.3) is 0 Å². The Hall–Kier alpha value is -3.32. The zero-order chi connectivity index (χ0) is 23.1. The molecule has 0 spiro atoms. The number of carbonyl (C=O) groups excluding carboxylic acids is 1. The van der Waals surface area contributed by atoms with Crippen LogP contribution in [0.1, 0.15) is 37.6 Å².